The van der Waals surface area contributed by atoms with Crippen LogP contribution in [0.5, 0.6) is 0 Å². The summed E-state index contributed by atoms with van der Waals surface area (Å²) < 4.78 is 11.7. The number of hydrogen-bond donors (Lipinski definition) is 1. The molecular weight excluding hydrogens is 240 g/mol. The number of ether oxygens (including phenoxy) is 2. The van der Waals surface area contributed by atoms with Gasteiger partial charge in [0.1, 0.15) is 5.82 Å². The van der Waals surface area contributed by atoms with Crippen molar-refractivity contribution in [3.63, 3.8) is 0 Å². The van der Waals surface area contributed by atoms with Crippen molar-refractivity contribution in [3.05, 3.63) is 23.9 Å². The first-order chi connectivity index (χ1) is 9.17. The van der Waals surface area contributed by atoms with Gasteiger partial charge in [-0.05, 0) is 45.2 Å². The summed E-state index contributed by atoms with van der Waals surface area (Å²) in [6, 6.07) is 4.06. The quantitative estimate of drug-likeness (QED) is 0.888. The maximum atomic E-state index is 5.97. The number of nitrogens with one attached hydrogen (secondary N) is 1. The van der Waals surface area contributed by atoms with E-state index >= 15 is 0 Å². The fourth-order valence-corrected chi connectivity index (χ4v) is 2.49. The number of hydrogen-bond acceptors (Lipinski definition) is 4. The molecule has 0 bridgehead atoms. The van der Waals surface area contributed by atoms with Crippen LogP contribution in [-0.2, 0) is 16.1 Å². The molecule has 1 aliphatic rings. The lowest BCUT2D eigenvalue weighted by molar-refractivity contribution is -0.106. The average molecular weight is 264 g/mol. The maximum Gasteiger partial charge on any atom is 0.125 e. The minimum absolute atomic E-state index is 0.294. The predicted octanol–water partition coefficient (Wildman–Crippen LogP) is 2.99. The van der Waals surface area contributed by atoms with Crippen molar-refractivity contribution in [1.29, 1.82) is 0 Å². The second kappa shape index (κ2) is 6.87. The Labute approximate surface area is 115 Å². The summed E-state index contributed by atoms with van der Waals surface area (Å²) in [5.74, 6) is 0.916. The topological polar surface area (TPSA) is 43.4 Å². The molecule has 0 aliphatic carbocycles. The molecule has 1 aromatic heterocycles. The molecule has 19 heavy (non-hydrogen) atoms. The predicted molar refractivity (Wildman–Crippen MR) is 76.2 cm³/mol. The molecule has 4 heteroatoms. The van der Waals surface area contributed by atoms with Crippen LogP contribution in [0.1, 0.15) is 39.2 Å². The van der Waals surface area contributed by atoms with E-state index in [0.29, 0.717) is 24.9 Å². The van der Waals surface area contributed by atoms with Crippen molar-refractivity contribution in [1.82, 2.24) is 4.98 Å². The summed E-state index contributed by atoms with van der Waals surface area (Å²) in [5.41, 5.74) is 1.12. The van der Waals surface area contributed by atoms with Gasteiger partial charge in [-0.2, -0.15) is 0 Å². The molecule has 2 rings (SSSR count). The lowest BCUT2D eigenvalue weighted by Gasteiger charge is -2.32. The van der Waals surface area contributed by atoms with Crippen molar-refractivity contribution < 1.29 is 9.47 Å². The van der Waals surface area contributed by atoms with Crippen molar-refractivity contribution in [3.8, 4) is 0 Å². The number of rotatable bonds is 5. The van der Waals surface area contributed by atoms with Crippen LogP contribution in [0.3, 0.4) is 0 Å². The molecule has 0 saturated carbocycles. The molecule has 106 valence electrons. The molecular formula is C15H24N2O2. The molecule has 0 spiro atoms. The molecule has 1 aromatic rings. The van der Waals surface area contributed by atoms with E-state index in [1.54, 1.807) is 0 Å². The van der Waals surface area contributed by atoms with E-state index < -0.39 is 0 Å². The fourth-order valence-electron chi connectivity index (χ4n) is 2.49. The van der Waals surface area contributed by atoms with Gasteiger partial charge < -0.3 is 14.8 Å². The van der Waals surface area contributed by atoms with Crippen LogP contribution in [0.4, 0.5) is 5.82 Å². The molecule has 0 amide bonds. The van der Waals surface area contributed by atoms with E-state index in [1.165, 1.54) is 0 Å². The van der Waals surface area contributed by atoms with Crippen molar-refractivity contribution in [2.45, 2.75) is 58.5 Å². The zero-order valence-corrected chi connectivity index (χ0v) is 12.1. The van der Waals surface area contributed by atoms with Gasteiger partial charge in [0.15, 0.2) is 0 Å². The summed E-state index contributed by atoms with van der Waals surface area (Å²) in [7, 11) is 0. The second-order valence-corrected chi connectivity index (χ2v) is 5.24. The van der Waals surface area contributed by atoms with Gasteiger partial charge in [0, 0.05) is 12.7 Å². The Morgan fingerprint density at radius 2 is 2.05 bits per heavy atom. The number of anilines is 1. The zero-order valence-electron chi connectivity index (χ0n) is 12.1. The van der Waals surface area contributed by atoms with Crippen LogP contribution in [-0.4, -0.2) is 29.8 Å². The van der Waals surface area contributed by atoms with E-state index in [9.17, 15) is 0 Å². The largest absolute Gasteiger partial charge is 0.375 e. The Kier molecular flexibility index (Phi) is 5.16. The van der Waals surface area contributed by atoms with E-state index in [2.05, 4.69) is 37.1 Å². The van der Waals surface area contributed by atoms with Gasteiger partial charge in [-0.3, -0.25) is 0 Å². The van der Waals surface area contributed by atoms with E-state index in [1.807, 2.05) is 12.3 Å². The fraction of sp³-hybridized carbons (Fsp3) is 0.667. The van der Waals surface area contributed by atoms with Crippen LogP contribution in [0.15, 0.2) is 18.3 Å². The first-order valence-corrected chi connectivity index (χ1v) is 7.13. The molecule has 1 N–H and O–H groups in total. The smallest absolute Gasteiger partial charge is 0.125 e. The van der Waals surface area contributed by atoms with E-state index in [4.69, 9.17) is 9.47 Å². The minimum atomic E-state index is 0.294. The summed E-state index contributed by atoms with van der Waals surface area (Å²) in [6.07, 6.45) is 4.73. The molecule has 0 radical (unpaired) electrons. The van der Waals surface area contributed by atoms with Crippen molar-refractivity contribution in [2.24, 2.45) is 0 Å². The third kappa shape index (κ3) is 4.48. The van der Waals surface area contributed by atoms with Crippen molar-refractivity contribution >= 4 is 5.82 Å². The lowest BCUT2D eigenvalue weighted by atomic mass is 10.0. The number of aromatic nitrogens is 1. The van der Waals surface area contributed by atoms with Crippen molar-refractivity contribution in [2.75, 3.05) is 11.9 Å². The van der Waals surface area contributed by atoms with E-state index in [-0.39, 0.29) is 0 Å². The molecule has 4 nitrogen and oxygen atoms in total. The maximum absolute atomic E-state index is 5.97. The van der Waals surface area contributed by atoms with Crippen LogP contribution in [0, 0.1) is 0 Å². The van der Waals surface area contributed by atoms with Gasteiger partial charge in [0.05, 0.1) is 24.9 Å². The monoisotopic (exact) mass is 264 g/mol. The van der Waals surface area contributed by atoms with Gasteiger partial charge in [0.25, 0.3) is 0 Å². The van der Waals surface area contributed by atoms with E-state index in [0.717, 1.165) is 30.8 Å². The van der Waals surface area contributed by atoms with Gasteiger partial charge in [0.2, 0.25) is 0 Å². The highest BCUT2D eigenvalue weighted by atomic mass is 16.5. The average Bonchev–Trinajstić information content (AvgIpc) is 2.37. The molecule has 2 unspecified atom stereocenters. The summed E-state index contributed by atoms with van der Waals surface area (Å²) in [5, 5.41) is 3.18. The highest BCUT2D eigenvalue weighted by Crippen LogP contribution is 2.22. The van der Waals surface area contributed by atoms with Crippen LogP contribution >= 0.6 is 0 Å². The summed E-state index contributed by atoms with van der Waals surface area (Å²) in [6.45, 7) is 7.80. The second-order valence-electron chi connectivity index (χ2n) is 5.24. The van der Waals surface area contributed by atoms with Gasteiger partial charge >= 0.3 is 0 Å². The number of pyridine rings is 1. The van der Waals surface area contributed by atoms with Gasteiger partial charge in [-0.15, -0.1) is 0 Å². The standard InChI is InChI=1S/C15H24N2O2/c1-4-16-15-6-5-13(9-17-15)10-18-14-7-11(2)19-12(3)8-14/h5-6,9,11-12,14H,4,7-8,10H2,1-3H3,(H,16,17). The Balaban J connectivity index is 1.81. The van der Waals surface area contributed by atoms with Crippen LogP contribution < -0.4 is 5.32 Å². The van der Waals surface area contributed by atoms with Crippen LogP contribution in [0.25, 0.3) is 0 Å². The third-order valence-corrected chi connectivity index (χ3v) is 3.32. The Hall–Kier alpha value is -1.13. The van der Waals surface area contributed by atoms with Gasteiger partial charge in [-0.1, -0.05) is 6.07 Å². The highest BCUT2D eigenvalue weighted by Gasteiger charge is 2.24. The van der Waals surface area contributed by atoms with Crippen LogP contribution in [0.2, 0.25) is 0 Å². The Bertz CT molecular complexity index is 370. The molecule has 1 fully saturated rings. The first kappa shape index (κ1) is 14.3. The molecule has 2 atom stereocenters. The summed E-state index contributed by atoms with van der Waals surface area (Å²) >= 11 is 0. The summed E-state index contributed by atoms with van der Waals surface area (Å²) in [4.78, 5) is 4.35. The lowest BCUT2D eigenvalue weighted by Crippen LogP contribution is -2.33. The Morgan fingerprint density at radius 3 is 2.63 bits per heavy atom. The normalized spacial score (nSPS) is 27.2. The first-order valence-electron chi connectivity index (χ1n) is 7.13. The molecule has 1 saturated heterocycles. The third-order valence-electron chi connectivity index (χ3n) is 3.32. The minimum Gasteiger partial charge on any atom is -0.375 e. The molecule has 0 aromatic carbocycles. The Morgan fingerprint density at radius 1 is 1.32 bits per heavy atom. The number of nitrogens with zero attached hydrogens (tertiary/aromatic N) is 1. The SMILES string of the molecule is CCNc1ccc(COC2CC(C)OC(C)C2)cn1. The molecule has 2 heterocycles. The van der Waals surface area contributed by atoms with Gasteiger partial charge in [-0.25, -0.2) is 4.98 Å². The zero-order chi connectivity index (χ0) is 13.7. The highest BCUT2D eigenvalue weighted by molar-refractivity contribution is 5.34. The molecule has 1 aliphatic heterocycles.